The summed E-state index contributed by atoms with van der Waals surface area (Å²) < 4.78 is 0. The predicted molar refractivity (Wildman–Crippen MR) is 120 cm³/mol. The summed E-state index contributed by atoms with van der Waals surface area (Å²) in [5.41, 5.74) is 3.99. The van der Waals surface area contributed by atoms with Gasteiger partial charge < -0.3 is 5.41 Å². The van der Waals surface area contributed by atoms with Crippen molar-refractivity contribution in [2.24, 2.45) is 22.7 Å². The fourth-order valence-corrected chi connectivity index (χ4v) is 4.29. The molecule has 0 saturated heterocycles. The number of carbonyl (C=O) groups is 1. The molecule has 2 rings (SSSR count). The van der Waals surface area contributed by atoms with Crippen LogP contribution in [0.5, 0.6) is 0 Å². The first kappa shape index (κ1) is 22.5. The van der Waals surface area contributed by atoms with Crippen molar-refractivity contribution >= 4 is 17.2 Å². The van der Waals surface area contributed by atoms with E-state index in [2.05, 4.69) is 18.8 Å². The van der Waals surface area contributed by atoms with E-state index in [0.29, 0.717) is 18.1 Å². The Labute approximate surface area is 171 Å². The van der Waals surface area contributed by atoms with Gasteiger partial charge in [0, 0.05) is 42.6 Å². The summed E-state index contributed by atoms with van der Waals surface area (Å²) in [6, 6.07) is 8.16. The molecule has 1 saturated carbocycles. The maximum atomic E-state index is 12.2. The zero-order chi connectivity index (χ0) is 20.5. The maximum absolute atomic E-state index is 12.2. The summed E-state index contributed by atoms with van der Waals surface area (Å²) >= 11 is 0. The van der Waals surface area contributed by atoms with Gasteiger partial charge in [0.2, 0.25) is 0 Å². The average Bonchev–Trinajstić information content (AvgIpc) is 2.84. The molecule has 3 atom stereocenters. The minimum Gasteiger partial charge on any atom is -0.304 e. The van der Waals surface area contributed by atoms with Crippen LogP contribution >= 0.6 is 0 Å². The average molecular weight is 383 g/mol. The number of nitrogens with zero attached hydrogens (tertiary/aromatic N) is 1. The van der Waals surface area contributed by atoms with Crippen LogP contribution in [-0.4, -0.2) is 24.3 Å². The van der Waals surface area contributed by atoms with E-state index in [1.807, 2.05) is 38.2 Å². The number of ketones is 1. The minimum absolute atomic E-state index is 0.119. The Morgan fingerprint density at radius 3 is 2.21 bits per heavy atom. The van der Waals surface area contributed by atoms with Crippen LogP contribution in [-0.2, 0) is 11.2 Å². The number of Topliss-reactive ketones (excluding diaryl/α,β-unsaturated/α-hetero) is 1. The second-order valence-corrected chi connectivity index (χ2v) is 8.49. The third kappa shape index (κ3) is 6.12. The van der Waals surface area contributed by atoms with Crippen LogP contribution in [0.4, 0.5) is 0 Å². The molecule has 1 aromatic carbocycles. The van der Waals surface area contributed by atoms with Gasteiger partial charge in [-0.2, -0.15) is 0 Å². The van der Waals surface area contributed by atoms with Gasteiger partial charge in [-0.15, -0.1) is 0 Å². The largest absolute Gasteiger partial charge is 0.304 e. The van der Waals surface area contributed by atoms with Crippen LogP contribution in [0.15, 0.2) is 29.3 Å². The maximum Gasteiger partial charge on any atom is 0.140 e. The van der Waals surface area contributed by atoms with Crippen LogP contribution in [0.25, 0.3) is 0 Å². The Bertz CT molecular complexity index is 674. The SMILES string of the molecule is CCC(C)C(=O)Cc1ccc(C(=N)C2CCCCCCCC2C(C)=NC)cc1. The molecule has 28 heavy (non-hydrogen) atoms. The normalized spacial score (nSPS) is 22.6. The summed E-state index contributed by atoms with van der Waals surface area (Å²) in [7, 11) is 1.88. The summed E-state index contributed by atoms with van der Waals surface area (Å²) in [5.74, 6) is 1.04. The molecule has 1 aliphatic carbocycles. The van der Waals surface area contributed by atoms with Crippen molar-refractivity contribution < 1.29 is 4.79 Å². The molecule has 3 unspecified atom stereocenters. The molecular weight excluding hydrogens is 344 g/mol. The summed E-state index contributed by atoms with van der Waals surface area (Å²) in [5, 5.41) is 8.95. The van der Waals surface area contributed by atoms with Crippen LogP contribution in [0.2, 0.25) is 0 Å². The molecule has 3 nitrogen and oxygen atoms in total. The summed E-state index contributed by atoms with van der Waals surface area (Å²) in [6.45, 7) is 6.19. The Morgan fingerprint density at radius 2 is 1.64 bits per heavy atom. The van der Waals surface area contributed by atoms with Gasteiger partial charge in [0.1, 0.15) is 5.78 Å². The molecule has 3 heteroatoms. The van der Waals surface area contributed by atoms with Crippen LogP contribution in [0.3, 0.4) is 0 Å². The lowest BCUT2D eigenvalue weighted by atomic mass is 9.77. The smallest absolute Gasteiger partial charge is 0.140 e. The number of aliphatic imine (C=N–C) groups is 1. The van der Waals surface area contributed by atoms with Crippen molar-refractivity contribution in [2.75, 3.05) is 7.05 Å². The molecule has 1 N–H and O–H groups in total. The molecule has 1 fully saturated rings. The Kier molecular flexibility index (Phi) is 9.08. The third-order valence-corrected chi connectivity index (χ3v) is 6.58. The van der Waals surface area contributed by atoms with Crippen LogP contribution in [0.1, 0.15) is 83.3 Å². The number of carbonyl (C=O) groups excluding carboxylic acids is 1. The first-order valence-corrected chi connectivity index (χ1v) is 11.1. The lowest BCUT2D eigenvalue weighted by molar-refractivity contribution is -0.121. The Hall–Kier alpha value is -1.77. The van der Waals surface area contributed by atoms with Crippen LogP contribution in [0, 0.1) is 23.2 Å². The molecule has 0 heterocycles. The number of nitrogens with one attached hydrogen (secondary N) is 1. The van der Waals surface area contributed by atoms with Gasteiger partial charge >= 0.3 is 0 Å². The van der Waals surface area contributed by atoms with E-state index in [9.17, 15) is 4.79 Å². The fourth-order valence-electron chi connectivity index (χ4n) is 4.29. The molecule has 0 amide bonds. The van der Waals surface area contributed by atoms with Gasteiger partial charge in [0.15, 0.2) is 0 Å². The number of benzene rings is 1. The summed E-state index contributed by atoms with van der Waals surface area (Å²) in [4.78, 5) is 16.7. The zero-order valence-electron chi connectivity index (χ0n) is 18.3. The standard InChI is InChI=1S/C25H38N2O/c1-5-18(2)24(28)17-20-13-15-21(16-14-20)25(26)23-12-10-8-6-7-9-11-22(23)19(3)27-4/h13-16,18,22-23,26H,5-12,17H2,1-4H3. The fraction of sp³-hybridized carbons (Fsp3) is 0.640. The Morgan fingerprint density at radius 1 is 1.07 bits per heavy atom. The molecule has 0 aromatic heterocycles. The minimum atomic E-state index is 0.119. The van der Waals surface area contributed by atoms with E-state index in [1.165, 1.54) is 37.8 Å². The molecule has 1 aliphatic rings. The number of hydrogen-bond acceptors (Lipinski definition) is 3. The van der Waals surface area contributed by atoms with E-state index in [4.69, 9.17) is 5.41 Å². The monoisotopic (exact) mass is 382 g/mol. The van der Waals surface area contributed by atoms with E-state index >= 15 is 0 Å². The van der Waals surface area contributed by atoms with Gasteiger partial charge in [-0.25, -0.2) is 0 Å². The van der Waals surface area contributed by atoms with E-state index in [-0.39, 0.29) is 11.8 Å². The van der Waals surface area contributed by atoms with Crippen molar-refractivity contribution in [3.05, 3.63) is 35.4 Å². The topological polar surface area (TPSA) is 53.3 Å². The molecular formula is C25H38N2O. The lowest BCUT2D eigenvalue weighted by Crippen LogP contribution is -2.29. The number of rotatable bonds is 7. The van der Waals surface area contributed by atoms with Gasteiger partial charge in [0.25, 0.3) is 0 Å². The van der Waals surface area contributed by atoms with Gasteiger partial charge in [-0.3, -0.25) is 9.79 Å². The van der Waals surface area contributed by atoms with E-state index in [0.717, 1.165) is 36.1 Å². The summed E-state index contributed by atoms with van der Waals surface area (Å²) in [6.07, 6.45) is 9.91. The second kappa shape index (κ2) is 11.3. The van der Waals surface area contributed by atoms with Crippen molar-refractivity contribution in [3.63, 3.8) is 0 Å². The van der Waals surface area contributed by atoms with Crippen molar-refractivity contribution in [1.29, 1.82) is 5.41 Å². The highest BCUT2D eigenvalue weighted by Gasteiger charge is 2.28. The molecule has 1 aromatic rings. The molecule has 0 aliphatic heterocycles. The van der Waals surface area contributed by atoms with Crippen molar-refractivity contribution in [3.8, 4) is 0 Å². The van der Waals surface area contributed by atoms with Crippen molar-refractivity contribution in [1.82, 2.24) is 0 Å². The van der Waals surface area contributed by atoms with Gasteiger partial charge in [-0.05, 0) is 37.3 Å². The highest BCUT2D eigenvalue weighted by Crippen LogP contribution is 2.31. The highest BCUT2D eigenvalue weighted by atomic mass is 16.1. The Balaban J connectivity index is 2.17. The van der Waals surface area contributed by atoms with E-state index in [1.54, 1.807) is 0 Å². The lowest BCUT2D eigenvalue weighted by Gasteiger charge is -2.28. The molecule has 154 valence electrons. The number of hydrogen-bond donors (Lipinski definition) is 1. The molecule has 0 radical (unpaired) electrons. The zero-order valence-corrected chi connectivity index (χ0v) is 18.3. The molecule has 0 spiro atoms. The quantitative estimate of drug-likeness (QED) is 0.554. The van der Waals surface area contributed by atoms with Crippen LogP contribution < -0.4 is 0 Å². The predicted octanol–water partition coefficient (Wildman–Crippen LogP) is 6.28. The third-order valence-electron chi connectivity index (χ3n) is 6.58. The van der Waals surface area contributed by atoms with E-state index < -0.39 is 0 Å². The highest BCUT2D eigenvalue weighted by molar-refractivity contribution is 6.03. The molecule has 0 bridgehead atoms. The van der Waals surface area contributed by atoms with Gasteiger partial charge in [-0.1, -0.05) is 70.2 Å². The van der Waals surface area contributed by atoms with Crippen molar-refractivity contribution in [2.45, 2.75) is 78.6 Å². The van der Waals surface area contributed by atoms with Gasteiger partial charge in [0.05, 0.1) is 0 Å². The second-order valence-electron chi connectivity index (χ2n) is 8.49. The first-order chi connectivity index (χ1) is 13.5. The first-order valence-electron chi connectivity index (χ1n) is 11.1.